The van der Waals surface area contributed by atoms with Crippen LogP contribution in [0.4, 0.5) is 10.5 Å². The number of hydrogen-bond acceptors (Lipinski definition) is 4. The molecule has 1 aromatic rings. The predicted molar refractivity (Wildman–Crippen MR) is 110 cm³/mol. The van der Waals surface area contributed by atoms with Gasteiger partial charge in [0.05, 0.1) is 0 Å². The molecule has 3 amide bonds. The molecule has 7 heteroatoms. The summed E-state index contributed by atoms with van der Waals surface area (Å²) < 4.78 is 5.06. The second kappa shape index (κ2) is 10.5. The van der Waals surface area contributed by atoms with Crippen molar-refractivity contribution in [3.05, 3.63) is 41.5 Å². The molecule has 0 aliphatic heterocycles. The van der Waals surface area contributed by atoms with Gasteiger partial charge in [0.15, 0.2) is 0 Å². The van der Waals surface area contributed by atoms with Gasteiger partial charge in [-0.1, -0.05) is 31.6 Å². The molecular weight excluding hydrogens is 358 g/mol. The predicted octanol–water partition coefficient (Wildman–Crippen LogP) is 3.37. The van der Waals surface area contributed by atoms with Crippen LogP contribution in [-0.4, -0.2) is 30.1 Å². The molecule has 1 rings (SSSR count). The molecule has 0 atom stereocenters. The Bertz CT molecular complexity index is 716. The highest BCUT2D eigenvalue weighted by molar-refractivity contribution is 5.99. The summed E-state index contributed by atoms with van der Waals surface area (Å²) in [6.45, 7) is 11.4. The highest BCUT2D eigenvalue weighted by atomic mass is 16.6. The van der Waals surface area contributed by atoms with E-state index in [1.165, 1.54) is 0 Å². The van der Waals surface area contributed by atoms with Gasteiger partial charge in [0.1, 0.15) is 12.1 Å². The van der Waals surface area contributed by atoms with Crippen LogP contribution in [0.3, 0.4) is 0 Å². The first-order chi connectivity index (χ1) is 13.0. The summed E-state index contributed by atoms with van der Waals surface area (Å²) in [5.74, 6) is -0.167. The van der Waals surface area contributed by atoms with E-state index in [4.69, 9.17) is 4.74 Å². The van der Waals surface area contributed by atoms with E-state index in [1.54, 1.807) is 39.0 Å². The molecule has 0 saturated carbocycles. The number of hydrogen-bond donors (Lipinski definition) is 3. The van der Waals surface area contributed by atoms with Gasteiger partial charge < -0.3 is 20.7 Å². The SMILES string of the molecule is C/C(=C\C(=O)Nc1ccc(CNC(=O)CNC(=O)OC(C)(C)C)cc1)C(C)C. The molecule has 0 bridgehead atoms. The molecule has 3 N–H and O–H groups in total. The van der Waals surface area contributed by atoms with Crippen molar-refractivity contribution in [3.63, 3.8) is 0 Å². The molecule has 154 valence electrons. The molecule has 0 aliphatic carbocycles. The quantitative estimate of drug-likeness (QED) is 0.623. The third kappa shape index (κ3) is 9.75. The van der Waals surface area contributed by atoms with E-state index in [1.807, 2.05) is 32.9 Å². The number of benzene rings is 1. The van der Waals surface area contributed by atoms with E-state index in [0.29, 0.717) is 18.2 Å². The monoisotopic (exact) mass is 389 g/mol. The van der Waals surface area contributed by atoms with Crippen LogP contribution in [0.2, 0.25) is 0 Å². The second-order valence-electron chi connectivity index (χ2n) is 7.86. The van der Waals surface area contributed by atoms with Crippen LogP contribution in [0, 0.1) is 5.92 Å². The van der Waals surface area contributed by atoms with Crippen LogP contribution in [0.5, 0.6) is 0 Å². The molecule has 7 nitrogen and oxygen atoms in total. The van der Waals surface area contributed by atoms with Gasteiger partial charge in [-0.2, -0.15) is 0 Å². The Hall–Kier alpha value is -2.83. The summed E-state index contributed by atoms with van der Waals surface area (Å²) in [6.07, 6.45) is 0.959. The van der Waals surface area contributed by atoms with Crippen molar-refractivity contribution in [2.45, 2.75) is 53.7 Å². The Labute approximate surface area is 166 Å². The van der Waals surface area contributed by atoms with Crippen LogP contribution in [0.25, 0.3) is 0 Å². The molecule has 0 spiro atoms. The number of allylic oxidation sites excluding steroid dienone is 1. The first-order valence-corrected chi connectivity index (χ1v) is 9.28. The minimum absolute atomic E-state index is 0.162. The average Bonchev–Trinajstić information content (AvgIpc) is 2.57. The fraction of sp³-hybridized carbons (Fsp3) is 0.476. The molecule has 0 radical (unpaired) electrons. The zero-order valence-corrected chi connectivity index (χ0v) is 17.5. The van der Waals surface area contributed by atoms with Crippen LogP contribution < -0.4 is 16.0 Å². The Morgan fingerprint density at radius 2 is 1.68 bits per heavy atom. The molecule has 0 fully saturated rings. The van der Waals surface area contributed by atoms with E-state index >= 15 is 0 Å². The first kappa shape index (κ1) is 23.2. The summed E-state index contributed by atoms with van der Waals surface area (Å²) in [4.78, 5) is 35.3. The van der Waals surface area contributed by atoms with E-state index in [-0.39, 0.29) is 18.4 Å². The third-order valence-corrected chi connectivity index (χ3v) is 3.77. The fourth-order valence-corrected chi connectivity index (χ4v) is 1.99. The number of rotatable bonds is 7. The van der Waals surface area contributed by atoms with E-state index in [0.717, 1.165) is 11.1 Å². The number of amides is 3. The van der Waals surface area contributed by atoms with Gasteiger partial charge >= 0.3 is 6.09 Å². The van der Waals surface area contributed by atoms with Crippen molar-refractivity contribution in [1.82, 2.24) is 10.6 Å². The maximum Gasteiger partial charge on any atom is 0.408 e. The van der Waals surface area contributed by atoms with Gasteiger partial charge in [0, 0.05) is 18.3 Å². The number of carbonyl (C=O) groups excluding carboxylic acids is 3. The lowest BCUT2D eigenvalue weighted by atomic mass is 10.1. The van der Waals surface area contributed by atoms with Gasteiger partial charge in [0.2, 0.25) is 11.8 Å². The Balaban J connectivity index is 2.42. The summed E-state index contributed by atoms with van der Waals surface area (Å²) in [5, 5.41) is 7.92. The molecule has 0 aliphatic rings. The summed E-state index contributed by atoms with van der Waals surface area (Å²) in [5.41, 5.74) is 1.95. The van der Waals surface area contributed by atoms with E-state index in [9.17, 15) is 14.4 Å². The van der Waals surface area contributed by atoms with Crippen molar-refractivity contribution in [2.24, 2.45) is 5.92 Å². The summed E-state index contributed by atoms with van der Waals surface area (Å²) >= 11 is 0. The van der Waals surface area contributed by atoms with Crippen LogP contribution in [-0.2, 0) is 20.9 Å². The van der Waals surface area contributed by atoms with Gasteiger partial charge in [-0.25, -0.2) is 4.79 Å². The topological polar surface area (TPSA) is 96.5 Å². The molecular formula is C21H31N3O4. The summed E-state index contributed by atoms with van der Waals surface area (Å²) in [7, 11) is 0. The number of ether oxygens (including phenoxy) is 1. The van der Waals surface area contributed by atoms with Gasteiger partial charge in [-0.05, 0) is 51.3 Å². The molecule has 0 aromatic heterocycles. The number of anilines is 1. The van der Waals surface area contributed by atoms with Gasteiger partial charge in [0.25, 0.3) is 0 Å². The molecule has 28 heavy (non-hydrogen) atoms. The maximum absolute atomic E-state index is 12.0. The van der Waals surface area contributed by atoms with Crippen LogP contribution in [0.15, 0.2) is 35.9 Å². The second-order valence-corrected chi connectivity index (χ2v) is 7.86. The largest absolute Gasteiger partial charge is 0.444 e. The number of alkyl carbamates (subject to hydrolysis) is 1. The van der Waals surface area contributed by atoms with E-state index < -0.39 is 11.7 Å². The highest BCUT2D eigenvalue weighted by Gasteiger charge is 2.16. The van der Waals surface area contributed by atoms with Crippen molar-refractivity contribution in [3.8, 4) is 0 Å². The van der Waals surface area contributed by atoms with Gasteiger partial charge in [-0.3, -0.25) is 9.59 Å². The van der Waals surface area contributed by atoms with Crippen molar-refractivity contribution in [2.75, 3.05) is 11.9 Å². The Morgan fingerprint density at radius 3 is 2.21 bits per heavy atom. The van der Waals surface area contributed by atoms with Crippen molar-refractivity contribution >= 4 is 23.6 Å². The van der Waals surface area contributed by atoms with E-state index in [2.05, 4.69) is 16.0 Å². The normalized spacial score (nSPS) is 11.8. The first-order valence-electron chi connectivity index (χ1n) is 9.28. The third-order valence-electron chi connectivity index (χ3n) is 3.77. The zero-order valence-electron chi connectivity index (χ0n) is 17.5. The fourth-order valence-electron chi connectivity index (χ4n) is 1.99. The van der Waals surface area contributed by atoms with Crippen LogP contribution in [0.1, 0.15) is 47.1 Å². The highest BCUT2D eigenvalue weighted by Crippen LogP contribution is 2.12. The zero-order chi connectivity index (χ0) is 21.3. The van der Waals surface area contributed by atoms with Gasteiger partial charge in [-0.15, -0.1) is 0 Å². The number of nitrogens with one attached hydrogen (secondary N) is 3. The standard InChI is InChI=1S/C21H31N3O4/c1-14(2)15(3)11-18(25)24-17-9-7-16(8-10-17)12-22-19(26)13-23-20(27)28-21(4,5)6/h7-11,14H,12-13H2,1-6H3,(H,22,26)(H,23,27)(H,24,25)/b15-11+. The number of carbonyl (C=O) groups is 3. The maximum atomic E-state index is 12.0. The van der Waals surface area contributed by atoms with Crippen LogP contribution >= 0.6 is 0 Å². The smallest absolute Gasteiger partial charge is 0.408 e. The molecule has 0 heterocycles. The minimum Gasteiger partial charge on any atom is -0.444 e. The Morgan fingerprint density at radius 1 is 1.07 bits per heavy atom. The lowest BCUT2D eigenvalue weighted by molar-refractivity contribution is -0.120. The van der Waals surface area contributed by atoms with Crippen molar-refractivity contribution < 1.29 is 19.1 Å². The summed E-state index contributed by atoms with van der Waals surface area (Å²) in [6, 6.07) is 7.18. The van der Waals surface area contributed by atoms with Crippen molar-refractivity contribution in [1.29, 1.82) is 0 Å². The lowest BCUT2D eigenvalue weighted by Crippen LogP contribution is -2.39. The Kier molecular flexibility index (Phi) is 8.70. The minimum atomic E-state index is -0.635. The molecule has 0 unspecified atom stereocenters. The lowest BCUT2D eigenvalue weighted by Gasteiger charge is -2.19. The average molecular weight is 389 g/mol. The molecule has 1 aromatic carbocycles. The molecule has 0 saturated heterocycles.